The maximum atomic E-state index is 12.1. The third-order valence-electron chi connectivity index (χ3n) is 5.01. The minimum Gasteiger partial charge on any atom is -0.472 e. The lowest BCUT2D eigenvalue weighted by Crippen LogP contribution is -2.38. The largest absolute Gasteiger partial charge is 0.472 e. The number of carbonyl (C=O) groups excluding carboxylic acids is 2. The van der Waals surface area contributed by atoms with E-state index in [4.69, 9.17) is 9.47 Å². The van der Waals surface area contributed by atoms with E-state index in [2.05, 4.69) is 11.9 Å². The smallest absolute Gasteiger partial charge is 0.409 e. The molecule has 0 aliphatic carbocycles. The first-order valence-corrected chi connectivity index (χ1v) is 11.0. The van der Waals surface area contributed by atoms with Gasteiger partial charge in [-0.15, -0.1) is 11.3 Å². The molecule has 0 saturated carbocycles. The summed E-state index contributed by atoms with van der Waals surface area (Å²) < 4.78 is 11.1. The highest BCUT2D eigenvalue weighted by molar-refractivity contribution is 7.14. The van der Waals surface area contributed by atoms with Crippen LogP contribution in [0.1, 0.15) is 65.7 Å². The molecule has 0 unspecified atom stereocenters. The molecule has 0 atom stereocenters. The van der Waals surface area contributed by atoms with Crippen LogP contribution in [0.2, 0.25) is 0 Å². The number of piperidine rings is 1. The molecule has 2 aromatic rings. The van der Waals surface area contributed by atoms with Crippen LogP contribution in [0.4, 0.5) is 4.79 Å². The van der Waals surface area contributed by atoms with Gasteiger partial charge in [0.2, 0.25) is 5.88 Å². The summed E-state index contributed by atoms with van der Waals surface area (Å²) in [6, 6.07) is 9.57. The van der Waals surface area contributed by atoms with Gasteiger partial charge in [0.05, 0.1) is 11.5 Å². The van der Waals surface area contributed by atoms with Crippen molar-refractivity contribution >= 4 is 23.2 Å². The van der Waals surface area contributed by atoms with E-state index in [9.17, 15) is 9.59 Å². The molecule has 3 heterocycles. The van der Waals surface area contributed by atoms with Gasteiger partial charge in [-0.1, -0.05) is 19.4 Å². The highest BCUT2D eigenvalue weighted by Crippen LogP contribution is 2.28. The zero-order chi connectivity index (χ0) is 20.6. The first kappa shape index (κ1) is 21.3. The number of carbonyl (C=O) groups is 2. The van der Waals surface area contributed by atoms with Crippen molar-refractivity contribution in [1.29, 1.82) is 0 Å². The van der Waals surface area contributed by atoms with E-state index in [0.717, 1.165) is 41.1 Å². The fourth-order valence-corrected chi connectivity index (χ4v) is 4.10. The van der Waals surface area contributed by atoms with E-state index >= 15 is 0 Å². The van der Waals surface area contributed by atoms with Crippen molar-refractivity contribution in [1.82, 2.24) is 9.88 Å². The van der Waals surface area contributed by atoms with Gasteiger partial charge in [0.25, 0.3) is 0 Å². The van der Waals surface area contributed by atoms with Crippen LogP contribution in [-0.4, -0.2) is 41.5 Å². The SMILES string of the molecule is CCCCOC(=O)N1CCC(c2cccc(OCc3ccc(C(C)=O)s3)n2)CC1. The number of ketones is 1. The summed E-state index contributed by atoms with van der Waals surface area (Å²) in [6.07, 6.45) is 3.45. The molecular weight excluding hydrogens is 388 g/mol. The van der Waals surface area contributed by atoms with Crippen LogP contribution in [0.5, 0.6) is 5.88 Å². The maximum absolute atomic E-state index is 12.1. The number of amides is 1. The van der Waals surface area contributed by atoms with Gasteiger partial charge in [-0.05, 0) is 44.4 Å². The second kappa shape index (κ2) is 10.4. The third-order valence-corrected chi connectivity index (χ3v) is 6.17. The van der Waals surface area contributed by atoms with Gasteiger partial charge >= 0.3 is 6.09 Å². The van der Waals surface area contributed by atoms with Crippen LogP contribution < -0.4 is 4.74 Å². The average Bonchev–Trinajstić information content (AvgIpc) is 3.22. The quantitative estimate of drug-likeness (QED) is 0.445. The second-order valence-corrected chi connectivity index (χ2v) is 8.41. The molecule has 3 rings (SSSR count). The van der Waals surface area contributed by atoms with Gasteiger partial charge in [-0.25, -0.2) is 9.78 Å². The van der Waals surface area contributed by atoms with Crippen LogP contribution in [-0.2, 0) is 11.3 Å². The van der Waals surface area contributed by atoms with E-state index in [1.54, 1.807) is 11.8 Å². The van der Waals surface area contributed by atoms with E-state index in [1.165, 1.54) is 11.3 Å². The molecular formula is C22H28N2O4S. The van der Waals surface area contributed by atoms with Crippen molar-refractivity contribution < 1.29 is 19.1 Å². The van der Waals surface area contributed by atoms with Gasteiger partial charge in [0.1, 0.15) is 6.61 Å². The van der Waals surface area contributed by atoms with Crippen molar-refractivity contribution in [2.24, 2.45) is 0 Å². The Bertz CT molecular complexity index is 828. The Balaban J connectivity index is 1.50. The minimum atomic E-state index is -0.206. The maximum Gasteiger partial charge on any atom is 0.409 e. The summed E-state index contributed by atoms with van der Waals surface area (Å²) in [5.74, 6) is 0.966. The van der Waals surface area contributed by atoms with E-state index < -0.39 is 0 Å². The molecule has 0 radical (unpaired) electrons. The number of hydrogen-bond donors (Lipinski definition) is 0. The highest BCUT2D eigenvalue weighted by Gasteiger charge is 2.25. The van der Waals surface area contributed by atoms with Gasteiger partial charge in [0, 0.05) is 35.6 Å². The number of pyridine rings is 1. The van der Waals surface area contributed by atoms with Gasteiger partial charge in [-0.3, -0.25) is 4.79 Å². The summed E-state index contributed by atoms with van der Waals surface area (Å²) in [5, 5.41) is 0. The van der Waals surface area contributed by atoms with Crippen molar-refractivity contribution in [3.8, 4) is 5.88 Å². The van der Waals surface area contributed by atoms with Crippen molar-refractivity contribution in [2.45, 2.75) is 52.1 Å². The normalized spacial score (nSPS) is 14.6. The number of ether oxygens (including phenoxy) is 2. The topological polar surface area (TPSA) is 68.7 Å². The molecule has 1 saturated heterocycles. The Morgan fingerprint density at radius 1 is 1.21 bits per heavy atom. The van der Waals surface area contributed by atoms with Crippen LogP contribution in [0.25, 0.3) is 0 Å². The third kappa shape index (κ3) is 6.03. The van der Waals surface area contributed by atoms with Crippen molar-refractivity contribution in [2.75, 3.05) is 19.7 Å². The summed E-state index contributed by atoms with van der Waals surface area (Å²) in [6.45, 7) is 5.91. The lowest BCUT2D eigenvalue weighted by Gasteiger charge is -2.31. The van der Waals surface area contributed by atoms with Crippen LogP contribution in [0.15, 0.2) is 30.3 Å². The van der Waals surface area contributed by atoms with E-state index in [-0.39, 0.29) is 11.9 Å². The molecule has 7 heteroatoms. The minimum absolute atomic E-state index is 0.0713. The number of rotatable bonds is 8. The molecule has 0 bridgehead atoms. The molecule has 1 fully saturated rings. The lowest BCUT2D eigenvalue weighted by molar-refractivity contribution is 0.0913. The Morgan fingerprint density at radius 2 is 2.00 bits per heavy atom. The molecule has 0 N–H and O–H groups in total. The van der Waals surface area contributed by atoms with Crippen LogP contribution >= 0.6 is 11.3 Å². The predicted molar refractivity (Wildman–Crippen MR) is 113 cm³/mol. The van der Waals surface area contributed by atoms with Crippen LogP contribution in [0, 0.1) is 0 Å². The zero-order valence-corrected chi connectivity index (χ0v) is 17.9. The number of hydrogen-bond acceptors (Lipinski definition) is 6. The average molecular weight is 417 g/mol. The molecule has 0 spiro atoms. The number of nitrogens with zero attached hydrogens (tertiary/aromatic N) is 2. The molecule has 0 aromatic carbocycles. The first-order valence-electron chi connectivity index (χ1n) is 10.2. The Morgan fingerprint density at radius 3 is 2.69 bits per heavy atom. The number of likely N-dealkylation sites (tertiary alicyclic amines) is 1. The molecule has 2 aromatic heterocycles. The molecule has 1 aliphatic heterocycles. The van der Waals surface area contributed by atoms with Crippen molar-refractivity contribution in [3.63, 3.8) is 0 Å². The highest BCUT2D eigenvalue weighted by atomic mass is 32.1. The predicted octanol–water partition coefficient (Wildman–Crippen LogP) is 5.04. The standard InChI is InChI=1S/C22H28N2O4S/c1-3-4-14-27-22(26)24-12-10-17(11-13-24)19-6-5-7-21(23-19)28-15-18-8-9-20(29-18)16(2)25/h5-9,17H,3-4,10-15H2,1-2H3. The summed E-state index contributed by atoms with van der Waals surface area (Å²) >= 11 is 1.45. The molecule has 29 heavy (non-hydrogen) atoms. The number of aromatic nitrogens is 1. The monoisotopic (exact) mass is 416 g/mol. The number of Topliss-reactive ketones (excluding diaryl/α,β-unsaturated/α-hetero) is 1. The molecule has 1 aliphatic rings. The number of unbranched alkanes of at least 4 members (excludes halogenated alkanes) is 1. The molecule has 1 amide bonds. The molecule has 156 valence electrons. The van der Waals surface area contributed by atoms with Gasteiger partial charge < -0.3 is 14.4 Å². The first-order chi connectivity index (χ1) is 14.1. The lowest BCUT2D eigenvalue weighted by atomic mass is 9.93. The van der Waals surface area contributed by atoms with E-state index in [1.807, 2.05) is 30.3 Å². The fourth-order valence-electron chi connectivity index (χ4n) is 3.28. The van der Waals surface area contributed by atoms with Crippen LogP contribution in [0.3, 0.4) is 0 Å². The Kier molecular flexibility index (Phi) is 7.63. The summed E-state index contributed by atoms with van der Waals surface area (Å²) in [7, 11) is 0. The Hall–Kier alpha value is -2.41. The summed E-state index contributed by atoms with van der Waals surface area (Å²) in [4.78, 5) is 31.7. The summed E-state index contributed by atoms with van der Waals surface area (Å²) in [5.41, 5.74) is 0.997. The van der Waals surface area contributed by atoms with Gasteiger partial charge in [0.15, 0.2) is 5.78 Å². The number of thiophene rings is 1. The Labute approximate surface area is 175 Å². The zero-order valence-electron chi connectivity index (χ0n) is 17.1. The second-order valence-electron chi connectivity index (χ2n) is 7.24. The molecule has 6 nitrogen and oxygen atoms in total. The van der Waals surface area contributed by atoms with E-state index in [0.29, 0.717) is 38.1 Å². The fraction of sp³-hybridized carbons (Fsp3) is 0.500. The van der Waals surface area contributed by atoms with Gasteiger partial charge in [-0.2, -0.15) is 0 Å². The van der Waals surface area contributed by atoms with Crippen molar-refractivity contribution in [3.05, 3.63) is 45.8 Å².